The molecule has 0 saturated carbocycles. The van der Waals surface area contributed by atoms with E-state index in [1.165, 1.54) is 25.1 Å². The normalized spacial score (nSPS) is 10.4. The van der Waals surface area contributed by atoms with Crippen LogP contribution in [-0.4, -0.2) is 24.9 Å². The monoisotopic (exact) mass is 342 g/mol. The number of halogens is 1. The molecule has 0 fully saturated rings. The summed E-state index contributed by atoms with van der Waals surface area (Å²) in [6, 6.07) is 9.58. The van der Waals surface area contributed by atoms with E-state index in [1.54, 1.807) is 11.0 Å². The number of hydrogen-bond acceptors (Lipinski definition) is 2. The van der Waals surface area contributed by atoms with E-state index >= 15 is 0 Å². The third-order valence-electron chi connectivity index (χ3n) is 3.99. The van der Waals surface area contributed by atoms with Gasteiger partial charge in [-0.3, -0.25) is 9.59 Å². The Morgan fingerprint density at radius 2 is 1.72 bits per heavy atom. The lowest BCUT2D eigenvalue weighted by Crippen LogP contribution is -2.38. The summed E-state index contributed by atoms with van der Waals surface area (Å²) < 4.78 is 13.2. The highest BCUT2D eigenvalue weighted by molar-refractivity contribution is 5.95. The van der Waals surface area contributed by atoms with Gasteiger partial charge in [-0.2, -0.15) is 0 Å². The second-order valence-electron chi connectivity index (χ2n) is 6.18. The van der Waals surface area contributed by atoms with Crippen LogP contribution in [0.3, 0.4) is 0 Å². The van der Waals surface area contributed by atoms with Gasteiger partial charge in [0.1, 0.15) is 5.82 Å². The summed E-state index contributed by atoms with van der Waals surface area (Å²) in [7, 11) is 0. The van der Waals surface area contributed by atoms with E-state index in [4.69, 9.17) is 0 Å². The van der Waals surface area contributed by atoms with Crippen LogP contribution in [0.5, 0.6) is 0 Å². The first-order valence-corrected chi connectivity index (χ1v) is 8.19. The van der Waals surface area contributed by atoms with Crippen molar-refractivity contribution in [2.75, 3.05) is 18.0 Å². The van der Waals surface area contributed by atoms with E-state index in [-0.39, 0.29) is 23.9 Å². The van der Waals surface area contributed by atoms with E-state index in [2.05, 4.69) is 5.32 Å². The zero-order valence-electron chi connectivity index (χ0n) is 15.0. The number of carbonyl (C=O) groups excluding carboxylic acids is 2. The number of rotatable bonds is 5. The topological polar surface area (TPSA) is 49.4 Å². The minimum Gasteiger partial charge on any atom is -0.350 e. The van der Waals surface area contributed by atoms with Crippen LogP contribution in [-0.2, 0) is 4.79 Å². The van der Waals surface area contributed by atoms with Gasteiger partial charge in [0.25, 0.3) is 5.91 Å². The fourth-order valence-electron chi connectivity index (χ4n) is 3.04. The van der Waals surface area contributed by atoms with Gasteiger partial charge in [0, 0.05) is 31.3 Å². The minimum absolute atomic E-state index is 0.0879. The summed E-state index contributed by atoms with van der Waals surface area (Å²) >= 11 is 0. The number of carbonyl (C=O) groups is 2. The SMILES string of the molecule is CC(=O)N(CCNC(=O)c1cccc(F)c1)c1c(C)cc(C)cc1C. The highest BCUT2D eigenvalue weighted by Crippen LogP contribution is 2.26. The molecule has 132 valence electrons. The molecule has 0 spiro atoms. The maximum Gasteiger partial charge on any atom is 0.251 e. The Bertz CT molecular complexity index is 779. The number of aryl methyl sites for hydroxylation is 3. The van der Waals surface area contributed by atoms with Crippen molar-refractivity contribution in [3.63, 3.8) is 0 Å². The third-order valence-corrected chi connectivity index (χ3v) is 3.99. The van der Waals surface area contributed by atoms with Crippen molar-refractivity contribution in [1.82, 2.24) is 5.32 Å². The van der Waals surface area contributed by atoms with Crippen LogP contribution in [0.25, 0.3) is 0 Å². The molecule has 2 amide bonds. The van der Waals surface area contributed by atoms with Gasteiger partial charge >= 0.3 is 0 Å². The van der Waals surface area contributed by atoms with E-state index in [9.17, 15) is 14.0 Å². The van der Waals surface area contributed by atoms with Crippen molar-refractivity contribution in [3.05, 3.63) is 64.5 Å². The summed E-state index contributed by atoms with van der Waals surface area (Å²) in [4.78, 5) is 25.8. The zero-order chi connectivity index (χ0) is 18.6. The average Bonchev–Trinajstić information content (AvgIpc) is 2.52. The molecular formula is C20H23FN2O2. The lowest BCUT2D eigenvalue weighted by atomic mass is 10.0. The number of hydrogen-bond donors (Lipinski definition) is 1. The van der Waals surface area contributed by atoms with Crippen molar-refractivity contribution in [3.8, 4) is 0 Å². The van der Waals surface area contributed by atoms with E-state index in [1.807, 2.05) is 32.9 Å². The highest BCUT2D eigenvalue weighted by Gasteiger charge is 2.17. The second kappa shape index (κ2) is 7.92. The number of anilines is 1. The summed E-state index contributed by atoms with van der Waals surface area (Å²) in [5, 5.41) is 2.73. The molecule has 1 N–H and O–H groups in total. The van der Waals surface area contributed by atoms with Crippen LogP contribution in [0.2, 0.25) is 0 Å². The molecule has 2 aromatic carbocycles. The Kier molecular flexibility index (Phi) is 5.91. The molecule has 0 unspecified atom stereocenters. The standard InChI is InChI=1S/C20H23FN2O2/c1-13-10-14(2)19(15(3)11-13)23(16(4)24)9-8-22-20(25)17-6-5-7-18(21)12-17/h5-7,10-12H,8-9H2,1-4H3,(H,22,25). The number of nitrogens with zero attached hydrogens (tertiary/aromatic N) is 1. The molecule has 0 atom stereocenters. The Hall–Kier alpha value is -2.69. The van der Waals surface area contributed by atoms with Crippen molar-refractivity contribution in [1.29, 1.82) is 0 Å². The Labute approximate surface area is 147 Å². The maximum absolute atomic E-state index is 13.2. The van der Waals surface area contributed by atoms with Gasteiger partial charge in [-0.25, -0.2) is 4.39 Å². The van der Waals surface area contributed by atoms with Crippen molar-refractivity contribution < 1.29 is 14.0 Å². The van der Waals surface area contributed by atoms with Gasteiger partial charge in [0.05, 0.1) is 0 Å². The lowest BCUT2D eigenvalue weighted by Gasteiger charge is -2.25. The summed E-state index contributed by atoms with van der Waals surface area (Å²) in [6.07, 6.45) is 0. The van der Waals surface area contributed by atoms with Gasteiger partial charge in [0.2, 0.25) is 5.91 Å². The fourth-order valence-corrected chi connectivity index (χ4v) is 3.04. The maximum atomic E-state index is 13.2. The average molecular weight is 342 g/mol. The molecule has 0 aliphatic heterocycles. The smallest absolute Gasteiger partial charge is 0.251 e. The molecule has 0 aliphatic carbocycles. The van der Waals surface area contributed by atoms with Crippen LogP contribution in [0.4, 0.5) is 10.1 Å². The number of benzene rings is 2. The molecule has 0 radical (unpaired) electrons. The van der Waals surface area contributed by atoms with Crippen molar-refractivity contribution in [2.45, 2.75) is 27.7 Å². The number of amides is 2. The Morgan fingerprint density at radius 1 is 1.08 bits per heavy atom. The molecule has 0 saturated heterocycles. The van der Waals surface area contributed by atoms with Gasteiger partial charge in [-0.05, 0) is 50.1 Å². The van der Waals surface area contributed by atoms with Gasteiger partial charge in [0.15, 0.2) is 0 Å². The van der Waals surface area contributed by atoms with Gasteiger partial charge in [-0.15, -0.1) is 0 Å². The molecule has 5 heteroatoms. The Balaban J connectivity index is 2.09. The van der Waals surface area contributed by atoms with E-state index in [0.717, 1.165) is 22.4 Å². The van der Waals surface area contributed by atoms with Crippen LogP contribution in [0, 0.1) is 26.6 Å². The van der Waals surface area contributed by atoms with Crippen molar-refractivity contribution >= 4 is 17.5 Å². The third kappa shape index (κ3) is 4.66. The first-order valence-electron chi connectivity index (χ1n) is 8.19. The molecule has 2 aromatic rings. The van der Waals surface area contributed by atoms with Crippen LogP contribution in [0.1, 0.15) is 34.0 Å². The molecule has 25 heavy (non-hydrogen) atoms. The molecular weight excluding hydrogens is 319 g/mol. The quantitative estimate of drug-likeness (QED) is 0.904. The summed E-state index contributed by atoms with van der Waals surface area (Å²) in [6.45, 7) is 8.09. The van der Waals surface area contributed by atoms with Gasteiger partial charge in [-0.1, -0.05) is 23.8 Å². The summed E-state index contributed by atoms with van der Waals surface area (Å²) in [5.41, 5.74) is 4.31. The molecule has 2 rings (SSSR count). The molecule has 4 nitrogen and oxygen atoms in total. The van der Waals surface area contributed by atoms with Crippen LogP contribution in [0.15, 0.2) is 36.4 Å². The zero-order valence-corrected chi connectivity index (χ0v) is 15.0. The largest absolute Gasteiger partial charge is 0.350 e. The first kappa shape index (κ1) is 18.6. The molecule has 0 heterocycles. The van der Waals surface area contributed by atoms with Crippen LogP contribution < -0.4 is 10.2 Å². The van der Waals surface area contributed by atoms with Gasteiger partial charge < -0.3 is 10.2 Å². The van der Waals surface area contributed by atoms with E-state index < -0.39 is 5.82 Å². The first-order chi connectivity index (χ1) is 11.8. The Morgan fingerprint density at radius 3 is 2.28 bits per heavy atom. The highest BCUT2D eigenvalue weighted by atomic mass is 19.1. The predicted octanol–water partition coefficient (Wildman–Crippen LogP) is 3.53. The molecule has 0 aromatic heterocycles. The second-order valence-corrected chi connectivity index (χ2v) is 6.18. The van der Waals surface area contributed by atoms with Crippen molar-refractivity contribution in [2.24, 2.45) is 0 Å². The molecule has 0 bridgehead atoms. The predicted molar refractivity (Wildman–Crippen MR) is 97.4 cm³/mol. The lowest BCUT2D eigenvalue weighted by molar-refractivity contribution is -0.116. The van der Waals surface area contributed by atoms with E-state index in [0.29, 0.717) is 6.54 Å². The van der Waals surface area contributed by atoms with Crippen LogP contribution >= 0.6 is 0 Å². The minimum atomic E-state index is -0.455. The number of nitrogens with one attached hydrogen (secondary N) is 1. The fraction of sp³-hybridized carbons (Fsp3) is 0.300. The molecule has 0 aliphatic rings. The summed E-state index contributed by atoms with van der Waals surface area (Å²) in [5.74, 6) is -0.903.